The molecular formula is C82H88N22O9. The van der Waals surface area contributed by atoms with Gasteiger partial charge in [-0.1, -0.05) is 48.5 Å². The van der Waals surface area contributed by atoms with Gasteiger partial charge in [-0.2, -0.15) is 30.2 Å². The van der Waals surface area contributed by atoms with Crippen molar-refractivity contribution in [3.05, 3.63) is 243 Å². The summed E-state index contributed by atoms with van der Waals surface area (Å²) in [7, 11) is 8.72. The number of nitrogens with zero attached hydrogens (tertiary/aromatic N) is 17. The number of hydrogen-bond donors (Lipinski definition) is 5. The average molecular weight is 1530 g/mol. The van der Waals surface area contributed by atoms with Crippen LogP contribution in [0.25, 0.3) is 50.3 Å². The molecule has 1 aliphatic heterocycles. The highest BCUT2D eigenvalue weighted by Gasteiger charge is 2.19. The lowest BCUT2D eigenvalue weighted by Gasteiger charge is -2.22. The Morgan fingerprint density at radius 2 is 0.823 bits per heavy atom. The maximum absolute atomic E-state index is 5.97. The first-order valence-corrected chi connectivity index (χ1v) is 37.0. The van der Waals surface area contributed by atoms with Gasteiger partial charge in [0.2, 0.25) is 29.6 Å². The number of aryl methyl sites for hydroxylation is 1. The van der Waals surface area contributed by atoms with Crippen LogP contribution < -0.4 is 55.0 Å². The van der Waals surface area contributed by atoms with Crippen LogP contribution in [0.15, 0.2) is 226 Å². The van der Waals surface area contributed by atoms with E-state index >= 15 is 0 Å². The van der Waals surface area contributed by atoms with Gasteiger partial charge < -0.3 is 69.2 Å². The van der Waals surface area contributed by atoms with E-state index in [9.17, 15) is 0 Å². The minimum absolute atomic E-state index is 0.408. The summed E-state index contributed by atoms with van der Waals surface area (Å²) in [5.41, 5.74) is 13.8. The third-order valence-corrected chi connectivity index (χ3v) is 17.9. The third kappa shape index (κ3) is 21.0. The van der Waals surface area contributed by atoms with Gasteiger partial charge in [-0.25, -0.2) is 23.5 Å². The molecule has 15 aromatic rings. The highest BCUT2D eigenvalue weighted by Crippen LogP contribution is 2.32. The van der Waals surface area contributed by atoms with Crippen molar-refractivity contribution < 1.29 is 42.6 Å². The van der Waals surface area contributed by atoms with Gasteiger partial charge in [-0.05, 0) is 152 Å². The Morgan fingerprint density at radius 3 is 1.26 bits per heavy atom. The van der Waals surface area contributed by atoms with Crippen LogP contribution in [-0.4, -0.2) is 171 Å². The van der Waals surface area contributed by atoms with Gasteiger partial charge in [0.25, 0.3) is 0 Å². The molecule has 1 aliphatic rings. The van der Waals surface area contributed by atoms with Crippen molar-refractivity contribution in [1.82, 2.24) is 93.7 Å². The molecule has 0 radical (unpaired) electrons. The molecule has 1 saturated heterocycles. The molecular weight excluding hydrogens is 1440 g/mol. The third-order valence-electron chi connectivity index (χ3n) is 17.9. The number of hydrogen-bond acceptors (Lipinski definition) is 25. The molecule has 113 heavy (non-hydrogen) atoms. The second kappa shape index (κ2) is 38.3. The van der Waals surface area contributed by atoms with Gasteiger partial charge in [0.15, 0.2) is 16.9 Å². The number of likely N-dealkylation sites (N-methyl/N-ethyl adjacent to an activating group) is 1. The van der Waals surface area contributed by atoms with Crippen molar-refractivity contribution in [2.45, 2.75) is 45.2 Å². The number of pyridine rings is 5. The van der Waals surface area contributed by atoms with Crippen LogP contribution in [-0.2, 0) is 47.6 Å². The summed E-state index contributed by atoms with van der Waals surface area (Å²) >= 11 is 0. The van der Waals surface area contributed by atoms with Crippen LogP contribution in [0.5, 0.6) is 34.8 Å². The zero-order chi connectivity index (χ0) is 77.3. The molecule has 12 heterocycles. The fraction of sp³-hybridized carbons (Fsp3) is 0.256. The number of methoxy groups -OCH3 is 3. The standard InChI is InChI=1S/C29H32N8O3.C27H30N8O3.C26H26N6O3/c1-38-15-16-39-27-9-4-21(17-31-27)20-40-25-7-5-22(6-8-25)26-3-2-14-36-28(26)34-29(35-36)33-23-18-32-37(19-23)24-10-12-30-13-11-24;1-28-11-13-34-18-22(17-30-34)31-27-32-26-24(4-3-12-35(26)33-27)21-6-8-23(9-7-21)38-19-20-5-10-25(29-16-20)37-15-14-36-2;1-31-17-21(16-27-31)28-26-29-25-24(4-3-13-32(25)30-26)20-7-11-23(12-8-20)35-18-19-5-9-22(10-6-19)34-15-14-33-2/h2-9,14,17-19,24,30H,10-13,15-16,20H2,1H3,(H,33,35);3-10,12,16-18,28H,11,13-15,19H2,1-2H3,(H,31,33);3-13,16-17H,14-15,18H2,1-2H3,(H,28,30). The van der Waals surface area contributed by atoms with Crippen molar-refractivity contribution in [3.63, 3.8) is 0 Å². The Hall–Kier alpha value is -13.3. The Balaban J connectivity index is 0.000000141. The summed E-state index contributed by atoms with van der Waals surface area (Å²) in [5, 5.41) is 43.0. The number of piperidine rings is 1. The van der Waals surface area contributed by atoms with Crippen LogP contribution in [0, 0.1) is 0 Å². The second-order valence-corrected chi connectivity index (χ2v) is 26.1. The minimum Gasteiger partial charge on any atom is -0.491 e. The van der Waals surface area contributed by atoms with E-state index in [4.69, 9.17) is 52.6 Å². The van der Waals surface area contributed by atoms with Crippen LogP contribution >= 0.6 is 0 Å². The summed E-state index contributed by atoms with van der Waals surface area (Å²) in [6.07, 6.45) is 22.5. The van der Waals surface area contributed by atoms with E-state index in [0.29, 0.717) is 95.1 Å². The summed E-state index contributed by atoms with van der Waals surface area (Å²) < 4.78 is 60.4. The van der Waals surface area contributed by atoms with Crippen LogP contribution in [0.4, 0.5) is 34.9 Å². The number of benzene rings is 4. The zero-order valence-corrected chi connectivity index (χ0v) is 63.3. The van der Waals surface area contributed by atoms with Gasteiger partial charge in [0, 0.05) is 124 Å². The van der Waals surface area contributed by atoms with Crippen molar-refractivity contribution in [2.24, 2.45) is 7.05 Å². The maximum Gasteiger partial charge on any atom is 0.247 e. The quantitative estimate of drug-likeness (QED) is 0.0234. The lowest BCUT2D eigenvalue weighted by atomic mass is 10.1. The van der Waals surface area contributed by atoms with Crippen molar-refractivity contribution in [1.29, 1.82) is 0 Å². The molecule has 0 atom stereocenters. The molecule has 0 aliphatic carbocycles. The first-order valence-electron chi connectivity index (χ1n) is 37.0. The number of anilines is 6. The van der Waals surface area contributed by atoms with Crippen molar-refractivity contribution >= 4 is 51.8 Å². The van der Waals surface area contributed by atoms with E-state index < -0.39 is 0 Å². The van der Waals surface area contributed by atoms with Gasteiger partial charge in [-0.3, -0.25) is 14.0 Å². The largest absolute Gasteiger partial charge is 0.491 e. The monoisotopic (exact) mass is 1520 g/mol. The molecule has 580 valence electrons. The molecule has 11 aromatic heterocycles. The lowest BCUT2D eigenvalue weighted by molar-refractivity contribution is 0.143. The second-order valence-electron chi connectivity index (χ2n) is 26.1. The highest BCUT2D eigenvalue weighted by atomic mass is 16.5. The average Bonchev–Trinajstić information content (AvgIpc) is 1.64. The number of rotatable bonds is 34. The van der Waals surface area contributed by atoms with Crippen LogP contribution in [0.1, 0.15) is 35.6 Å². The summed E-state index contributed by atoms with van der Waals surface area (Å²) in [5.74, 6) is 5.83. The number of ether oxygens (including phenoxy) is 9. The van der Waals surface area contributed by atoms with E-state index in [1.807, 2.05) is 225 Å². The molecule has 5 N–H and O–H groups in total. The smallest absolute Gasteiger partial charge is 0.247 e. The first kappa shape index (κ1) is 76.4. The number of aromatic nitrogens is 17. The zero-order valence-electron chi connectivity index (χ0n) is 63.3. The Labute approximate surface area is 651 Å². The predicted molar refractivity (Wildman–Crippen MR) is 428 cm³/mol. The molecule has 0 spiro atoms. The Kier molecular flexibility index (Phi) is 25.9. The van der Waals surface area contributed by atoms with E-state index in [-0.39, 0.29) is 0 Å². The van der Waals surface area contributed by atoms with Crippen molar-refractivity contribution in [3.8, 4) is 68.1 Å². The van der Waals surface area contributed by atoms with Crippen LogP contribution in [0.3, 0.4) is 0 Å². The molecule has 1 fully saturated rings. The molecule has 16 rings (SSSR count). The molecule has 0 bridgehead atoms. The van der Waals surface area contributed by atoms with Crippen molar-refractivity contribution in [2.75, 3.05) is 104 Å². The van der Waals surface area contributed by atoms with E-state index in [0.717, 1.165) is 146 Å². The minimum atomic E-state index is 0.408. The molecule has 31 heteroatoms. The van der Waals surface area contributed by atoms with Gasteiger partial charge >= 0.3 is 0 Å². The van der Waals surface area contributed by atoms with Gasteiger partial charge in [0.05, 0.1) is 68.1 Å². The van der Waals surface area contributed by atoms with Gasteiger partial charge in [0.1, 0.15) is 62.6 Å². The van der Waals surface area contributed by atoms with Gasteiger partial charge in [-0.15, -0.1) is 15.3 Å². The molecule has 31 nitrogen and oxygen atoms in total. The number of nitrogens with one attached hydrogen (secondary N) is 5. The van der Waals surface area contributed by atoms with E-state index in [1.165, 1.54) is 0 Å². The number of fused-ring (bicyclic) bond motifs is 3. The molecule has 0 unspecified atom stereocenters. The molecule has 0 amide bonds. The fourth-order valence-electron chi connectivity index (χ4n) is 12.1. The topological polar surface area (TPSA) is 313 Å². The molecule has 4 aromatic carbocycles. The fourth-order valence-corrected chi connectivity index (χ4v) is 12.1. The van der Waals surface area contributed by atoms with Crippen LogP contribution in [0.2, 0.25) is 0 Å². The summed E-state index contributed by atoms with van der Waals surface area (Å²) in [6.45, 7) is 8.05. The lowest BCUT2D eigenvalue weighted by Crippen LogP contribution is -2.29. The van der Waals surface area contributed by atoms with E-state index in [2.05, 4.69) is 72.1 Å². The predicted octanol–water partition coefficient (Wildman–Crippen LogP) is 12.3. The first-order chi connectivity index (χ1) is 55.6. The highest BCUT2D eigenvalue weighted by molar-refractivity contribution is 5.81. The summed E-state index contributed by atoms with van der Waals surface area (Å²) in [4.78, 5) is 22.8. The Bertz CT molecular complexity index is 5430. The SMILES string of the molecule is CNCCn1cc(Nc2nc3c(-c4ccc(OCc5ccc(OCCOC)nc5)cc4)cccn3n2)cn1.COCCOc1ccc(COc2ccc(-c3cccn4nc(Nc5cnn(C)c5)nc34)cc2)cc1.COCCOc1ccc(COc2ccc(-c3cccn4nc(Nc5cnn(C6CCNCC6)c5)nc34)cc2)cn1. The summed E-state index contributed by atoms with van der Waals surface area (Å²) in [6, 6.07) is 51.7. The Morgan fingerprint density at radius 1 is 0.416 bits per heavy atom. The molecule has 0 saturated carbocycles. The normalized spacial score (nSPS) is 12.1. The maximum atomic E-state index is 5.97. The van der Waals surface area contributed by atoms with E-state index in [1.54, 1.807) is 64.3 Å².